The highest BCUT2D eigenvalue weighted by atomic mass is 16.3. The Bertz CT molecular complexity index is 233. The topological polar surface area (TPSA) is 52.7 Å². The lowest BCUT2D eigenvalue weighted by molar-refractivity contribution is 0.191. The minimum absolute atomic E-state index is 0.0791. The smallest absolute Gasteiger partial charge is 0.0608 e. The van der Waals surface area contributed by atoms with E-state index in [9.17, 15) is 0 Å². The van der Waals surface area contributed by atoms with E-state index >= 15 is 0 Å². The van der Waals surface area contributed by atoms with Gasteiger partial charge in [-0.25, -0.2) is 0 Å². The van der Waals surface area contributed by atoms with Crippen LogP contribution in [0, 0.1) is 0 Å². The number of aliphatic hydroxyl groups is 1. The first kappa shape index (κ1) is 15.9. The van der Waals surface area contributed by atoms with Crippen LogP contribution in [0.2, 0.25) is 0 Å². The molecule has 108 valence electrons. The van der Waals surface area contributed by atoms with E-state index in [4.69, 9.17) is 10.8 Å². The molecular weight excluding hydrogens is 226 g/mol. The number of nitrogens with zero attached hydrogens (tertiary/aromatic N) is 2. The van der Waals surface area contributed by atoms with Crippen molar-refractivity contribution in [1.29, 1.82) is 0 Å². The van der Waals surface area contributed by atoms with Gasteiger partial charge in [0.15, 0.2) is 0 Å². The zero-order chi connectivity index (χ0) is 13.6. The largest absolute Gasteiger partial charge is 0.394 e. The molecule has 0 amide bonds. The number of likely N-dealkylation sites (N-methyl/N-ethyl adjacent to an activating group) is 2. The van der Waals surface area contributed by atoms with Gasteiger partial charge in [0, 0.05) is 18.1 Å². The summed E-state index contributed by atoms with van der Waals surface area (Å²) in [5, 5.41) is 9.08. The molecule has 0 bridgehead atoms. The summed E-state index contributed by atoms with van der Waals surface area (Å²) >= 11 is 0. The predicted octanol–water partition coefficient (Wildman–Crippen LogP) is 0.892. The number of aliphatic hydroxyl groups excluding tert-OH is 1. The van der Waals surface area contributed by atoms with Gasteiger partial charge in [0.05, 0.1) is 6.61 Å². The standard InChI is InChI=1S/C14H31N3O/c1-14(15,12-18)8-4-5-9-16(2)11-13-7-6-10-17(13)3/h13,18H,4-12,15H2,1-3H3. The second-order valence-electron chi connectivity index (χ2n) is 6.31. The molecule has 4 nitrogen and oxygen atoms in total. The lowest BCUT2D eigenvalue weighted by Crippen LogP contribution is -2.40. The number of nitrogens with two attached hydrogens (primary N) is 1. The number of hydrogen-bond donors (Lipinski definition) is 2. The molecule has 2 atom stereocenters. The molecule has 1 aliphatic rings. The Kier molecular flexibility index (Phi) is 6.57. The minimum atomic E-state index is -0.399. The van der Waals surface area contributed by atoms with Crippen molar-refractivity contribution in [3.8, 4) is 0 Å². The Labute approximate surface area is 112 Å². The van der Waals surface area contributed by atoms with Gasteiger partial charge in [0.1, 0.15) is 0 Å². The summed E-state index contributed by atoms with van der Waals surface area (Å²) in [5.41, 5.74) is 5.51. The normalized spacial score (nSPS) is 24.7. The lowest BCUT2D eigenvalue weighted by Gasteiger charge is -2.26. The van der Waals surface area contributed by atoms with Crippen molar-refractivity contribution < 1.29 is 5.11 Å². The van der Waals surface area contributed by atoms with Crippen LogP contribution >= 0.6 is 0 Å². The quantitative estimate of drug-likeness (QED) is 0.634. The van der Waals surface area contributed by atoms with E-state index in [-0.39, 0.29) is 6.61 Å². The van der Waals surface area contributed by atoms with Crippen LogP contribution in [-0.4, -0.2) is 66.8 Å². The zero-order valence-electron chi connectivity index (χ0n) is 12.4. The molecule has 1 saturated heterocycles. The first-order valence-electron chi connectivity index (χ1n) is 7.23. The van der Waals surface area contributed by atoms with Gasteiger partial charge < -0.3 is 20.6 Å². The van der Waals surface area contributed by atoms with Crippen LogP contribution in [0.1, 0.15) is 39.0 Å². The molecule has 0 radical (unpaired) electrons. The molecule has 0 aromatic carbocycles. The van der Waals surface area contributed by atoms with E-state index in [1.54, 1.807) is 0 Å². The molecule has 2 unspecified atom stereocenters. The summed E-state index contributed by atoms with van der Waals surface area (Å²) in [6.07, 6.45) is 5.85. The van der Waals surface area contributed by atoms with Gasteiger partial charge in [-0.1, -0.05) is 6.42 Å². The molecule has 0 saturated carbocycles. The number of rotatable bonds is 8. The fourth-order valence-corrected chi connectivity index (χ4v) is 2.65. The SMILES string of the molecule is CN(CCCCC(C)(N)CO)CC1CCCN1C. The van der Waals surface area contributed by atoms with Crippen LogP contribution in [0.4, 0.5) is 0 Å². The van der Waals surface area contributed by atoms with Gasteiger partial charge in [-0.05, 0) is 59.8 Å². The molecule has 18 heavy (non-hydrogen) atoms. The Morgan fingerprint density at radius 2 is 2.17 bits per heavy atom. The van der Waals surface area contributed by atoms with Crippen LogP contribution in [0.25, 0.3) is 0 Å². The predicted molar refractivity (Wildman–Crippen MR) is 76.7 cm³/mol. The van der Waals surface area contributed by atoms with E-state index in [0.717, 1.165) is 25.4 Å². The van der Waals surface area contributed by atoms with Gasteiger partial charge in [0.25, 0.3) is 0 Å². The van der Waals surface area contributed by atoms with Gasteiger partial charge in [-0.2, -0.15) is 0 Å². The molecular formula is C14H31N3O. The fourth-order valence-electron chi connectivity index (χ4n) is 2.65. The van der Waals surface area contributed by atoms with Crippen LogP contribution in [0.3, 0.4) is 0 Å². The Hall–Kier alpha value is -0.160. The summed E-state index contributed by atoms with van der Waals surface area (Å²) in [7, 11) is 4.44. The monoisotopic (exact) mass is 257 g/mol. The maximum absolute atomic E-state index is 9.08. The van der Waals surface area contributed by atoms with Gasteiger partial charge in [0.2, 0.25) is 0 Å². The maximum atomic E-state index is 9.08. The molecule has 1 fully saturated rings. The summed E-state index contributed by atoms with van der Waals surface area (Å²) < 4.78 is 0. The van der Waals surface area contributed by atoms with Crippen molar-refractivity contribution in [3.05, 3.63) is 0 Å². The Morgan fingerprint density at radius 1 is 1.44 bits per heavy atom. The van der Waals surface area contributed by atoms with E-state index in [1.165, 1.54) is 32.4 Å². The summed E-state index contributed by atoms with van der Waals surface area (Å²) in [5.74, 6) is 0. The molecule has 0 spiro atoms. The van der Waals surface area contributed by atoms with E-state index in [2.05, 4.69) is 23.9 Å². The highest BCUT2D eigenvalue weighted by Crippen LogP contribution is 2.16. The Morgan fingerprint density at radius 3 is 2.72 bits per heavy atom. The molecule has 3 N–H and O–H groups in total. The van der Waals surface area contributed by atoms with Gasteiger partial charge in [-0.3, -0.25) is 0 Å². The lowest BCUT2D eigenvalue weighted by atomic mass is 9.97. The van der Waals surface area contributed by atoms with Crippen molar-refractivity contribution in [1.82, 2.24) is 9.80 Å². The van der Waals surface area contributed by atoms with Crippen LogP contribution in [0.5, 0.6) is 0 Å². The van der Waals surface area contributed by atoms with Gasteiger partial charge in [-0.15, -0.1) is 0 Å². The van der Waals surface area contributed by atoms with E-state index in [1.807, 2.05) is 6.92 Å². The van der Waals surface area contributed by atoms with Crippen molar-refractivity contribution in [2.75, 3.05) is 40.3 Å². The average molecular weight is 257 g/mol. The summed E-state index contributed by atoms with van der Waals surface area (Å²) in [6.45, 7) is 5.56. The number of unbranched alkanes of at least 4 members (excludes halogenated alkanes) is 1. The average Bonchev–Trinajstić information content (AvgIpc) is 2.71. The molecule has 4 heteroatoms. The Balaban J connectivity index is 2.08. The second kappa shape index (κ2) is 7.43. The third kappa shape index (κ3) is 5.65. The molecule has 0 aromatic rings. The van der Waals surface area contributed by atoms with Crippen molar-refractivity contribution in [3.63, 3.8) is 0 Å². The van der Waals surface area contributed by atoms with Crippen LogP contribution in [0.15, 0.2) is 0 Å². The molecule has 0 aromatic heterocycles. The van der Waals surface area contributed by atoms with Crippen molar-refractivity contribution >= 4 is 0 Å². The number of hydrogen-bond acceptors (Lipinski definition) is 4. The maximum Gasteiger partial charge on any atom is 0.0608 e. The minimum Gasteiger partial charge on any atom is -0.394 e. The number of likely N-dealkylation sites (tertiary alicyclic amines) is 1. The first-order chi connectivity index (χ1) is 8.44. The highest BCUT2D eigenvalue weighted by molar-refractivity contribution is 4.79. The molecule has 1 heterocycles. The van der Waals surface area contributed by atoms with E-state index in [0.29, 0.717) is 0 Å². The van der Waals surface area contributed by atoms with E-state index < -0.39 is 5.54 Å². The third-order valence-electron chi connectivity index (χ3n) is 4.09. The second-order valence-corrected chi connectivity index (χ2v) is 6.31. The third-order valence-corrected chi connectivity index (χ3v) is 4.09. The summed E-state index contributed by atoms with van der Waals surface area (Å²) in [6, 6.07) is 0.743. The first-order valence-corrected chi connectivity index (χ1v) is 7.23. The zero-order valence-corrected chi connectivity index (χ0v) is 12.4. The fraction of sp³-hybridized carbons (Fsp3) is 1.00. The van der Waals surface area contributed by atoms with Crippen LogP contribution in [-0.2, 0) is 0 Å². The van der Waals surface area contributed by atoms with Crippen molar-refractivity contribution in [2.45, 2.75) is 50.6 Å². The highest BCUT2D eigenvalue weighted by Gasteiger charge is 2.22. The molecule has 0 aliphatic carbocycles. The molecule has 1 rings (SSSR count). The van der Waals surface area contributed by atoms with Crippen molar-refractivity contribution in [2.24, 2.45) is 5.73 Å². The molecule has 1 aliphatic heterocycles. The summed E-state index contributed by atoms with van der Waals surface area (Å²) in [4.78, 5) is 4.90. The van der Waals surface area contributed by atoms with Crippen LogP contribution < -0.4 is 5.73 Å². The van der Waals surface area contributed by atoms with Gasteiger partial charge >= 0.3 is 0 Å².